The fraction of sp³-hybridized carbons (Fsp3) is 0.188. The van der Waals surface area contributed by atoms with Crippen molar-refractivity contribution >= 4 is 33.2 Å². The molecule has 20 heavy (non-hydrogen) atoms. The third-order valence-corrected chi connectivity index (χ3v) is 4.57. The number of nitrogens with zero attached hydrogens (tertiary/aromatic N) is 1. The van der Waals surface area contributed by atoms with E-state index in [2.05, 4.69) is 15.9 Å². The highest BCUT2D eigenvalue weighted by Crippen LogP contribution is 2.30. The van der Waals surface area contributed by atoms with Gasteiger partial charge in [0.25, 0.3) is 5.91 Å². The van der Waals surface area contributed by atoms with E-state index in [-0.39, 0.29) is 5.91 Å². The minimum atomic E-state index is -0.0138. The summed E-state index contributed by atoms with van der Waals surface area (Å²) < 4.78 is 1.01. The van der Waals surface area contributed by atoms with Gasteiger partial charge in [0.2, 0.25) is 0 Å². The van der Waals surface area contributed by atoms with E-state index >= 15 is 0 Å². The van der Waals surface area contributed by atoms with Crippen LogP contribution in [0.5, 0.6) is 0 Å². The Morgan fingerprint density at radius 2 is 2.05 bits per heavy atom. The highest BCUT2D eigenvalue weighted by atomic mass is 79.9. The minimum absolute atomic E-state index is 0.0138. The van der Waals surface area contributed by atoms with Crippen molar-refractivity contribution < 1.29 is 4.79 Å². The normalized spacial score (nSPS) is 14.3. The number of hydrogen-bond acceptors (Lipinski definition) is 2. The molecule has 0 saturated heterocycles. The molecule has 2 N–H and O–H groups in total. The monoisotopic (exact) mass is 330 g/mol. The summed E-state index contributed by atoms with van der Waals surface area (Å²) >= 11 is 3.52. The van der Waals surface area contributed by atoms with Crippen molar-refractivity contribution in [1.82, 2.24) is 0 Å². The highest BCUT2D eigenvalue weighted by molar-refractivity contribution is 9.10. The van der Waals surface area contributed by atoms with Gasteiger partial charge in [0.15, 0.2) is 0 Å². The van der Waals surface area contributed by atoms with E-state index in [0.29, 0.717) is 17.8 Å². The lowest BCUT2D eigenvalue weighted by molar-refractivity contribution is 0.0981. The molecule has 102 valence electrons. The molecule has 2 aromatic carbocycles. The van der Waals surface area contributed by atoms with Crippen LogP contribution in [-0.2, 0) is 6.42 Å². The van der Waals surface area contributed by atoms with E-state index in [0.717, 1.165) is 27.7 Å². The molecule has 4 heteroatoms. The first-order valence-electron chi connectivity index (χ1n) is 6.53. The van der Waals surface area contributed by atoms with Crippen LogP contribution in [0.25, 0.3) is 0 Å². The number of nitrogens with two attached hydrogens (primary N) is 1. The molecular formula is C16H15BrN2O. The average Bonchev–Trinajstić information content (AvgIpc) is 2.42. The molecule has 1 amide bonds. The number of benzene rings is 2. The van der Waals surface area contributed by atoms with Gasteiger partial charge in [-0.1, -0.05) is 34.1 Å². The van der Waals surface area contributed by atoms with Crippen LogP contribution in [-0.4, -0.2) is 12.5 Å². The Morgan fingerprint density at radius 3 is 2.80 bits per heavy atom. The first-order chi connectivity index (χ1) is 9.58. The lowest BCUT2D eigenvalue weighted by Gasteiger charge is -2.29. The largest absolute Gasteiger partial charge is 0.398 e. The second-order valence-electron chi connectivity index (χ2n) is 5.02. The maximum atomic E-state index is 12.7. The van der Waals surface area contributed by atoms with Crippen LogP contribution >= 0.6 is 15.9 Å². The molecule has 0 fully saturated rings. The average molecular weight is 331 g/mol. The number of amides is 1. The van der Waals surface area contributed by atoms with Crippen LogP contribution in [0.15, 0.2) is 40.9 Å². The van der Waals surface area contributed by atoms with Gasteiger partial charge in [-0.25, -0.2) is 0 Å². The molecule has 0 saturated carbocycles. The van der Waals surface area contributed by atoms with Crippen LogP contribution in [0, 0.1) is 6.92 Å². The van der Waals surface area contributed by atoms with Crippen LogP contribution in [0.4, 0.5) is 11.4 Å². The Kier molecular flexibility index (Phi) is 3.26. The van der Waals surface area contributed by atoms with Gasteiger partial charge in [-0.3, -0.25) is 4.79 Å². The van der Waals surface area contributed by atoms with E-state index in [1.54, 1.807) is 11.0 Å². The van der Waals surface area contributed by atoms with Gasteiger partial charge in [-0.15, -0.1) is 0 Å². The fourth-order valence-electron chi connectivity index (χ4n) is 2.55. The van der Waals surface area contributed by atoms with Gasteiger partial charge in [0.1, 0.15) is 0 Å². The maximum Gasteiger partial charge on any atom is 0.260 e. The van der Waals surface area contributed by atoms with E-state index in [1.165, 1.54) is 0 Å². The zero-order valence-electron chi connectivity index (χ0n) is 11.2. The van der Waals surface area contributed by atoms with Crippen LogP contribution in [0.2, 0.25) is 0 Å². The molecule has 0 spiro atoms. The zero-order valence-corrected chi connectivity index (χ0v) is 12.8. The van der Waals surface area contributed by atoms with Crippen LogP contribution in [0.3, 0.4) is 0 Å². The Balaban J connectivity index is 2.04. The number of carbonyl (C=O) groups is 1. The number of carbonyl (C=O) groups excluding carboxylic acids is 1. The number of anilines is 2. The van der Waals surface area contributed by atoms with Crippen molar-refractivity contribution in [2.45, 2.75) is 13.3 Å². The number of rotatable bonds is 1. The quantitative estimate of drug-likeness (QED) is 0.813. The Hall–Kier alpha value is -1.81. The van der Waals surface area contributed by atoms with E-state index < -0.39 is 0 Å². The number of nitrogen functional groups attached to an aromatic ring is 1. The molecule has 2 aromatic rings. The fourth-order valence-corrected chi connectivity index (χ4v) is 2.92. The first kappa shape index (κ1) is 13.2. The van der Waals surface area contributed by atoms with E-state index in [4.69, 9.17) is 5.73 Å². The predicted octanol–water partition coefficient (Wildman–Crippen LogP) is 3.54. The smallest absolute Gasteiger partial charge is 0.260 e. The Bertz CT molecular complexity index is 697. The van der Waals surface area contributed by atoms with Crippen molar-refractivity contribution in [2.75, 3.05) is 17.2 Å². The summed E-state index contributed by atoms with van der Waals surface area (Å²) in [6, 6.07) is 11.6. The molecule has 0 aliphatic carbocycles. The number of fused-ring (bicyclic) bond motifs is 1. The van der Waals surface area contributed by atoms with Gasteiger partial charge >= 0.3 is 0 Å². The minimum Gasteiger partial charge on any atom is -0.398 e. The molecule has 0 bridgehead atoms. The topological polar surface area (TPSA) is 46.3 Å². The summed E-state index contributed by atoms with van der Waals surface area (Å²) in [5, 5.41) is 0. The number of hydrogen-bond donors (Lipinski definition) is 1. The summed E-state index contributed by atoms with van der Waals surface area (Å²) in [6.07, 6.45) is 0.831. The molecule has 1 aliphatic heterocycles. The molecule has 0 radical (unpaired) electrons. The van der Waals surface area contributed by atoms with Crippen LogP contribution in [0.1, 0.15) is 21.5 Å². The SMILES string of the molecule is Cc1ccc(N2CCc3cccc(N)c3C2=O)cc1Br. The molecule has 3 rings (SSSR count). The summed E-state index contributed by atoms with van der Waals surface area (Å²) in [5.41, 5.74) is 10.3. The predicted molar refractivity (Wildman–Crippen MR) is 85.1 cm³/mol. The van der Waals surface area contributed by atoms with Gasteiger partial charge in [-0.2, -0.15) is 0 Å². The molecule has 0 atom stereocenters. The second kappa shape index (κ2) is 4.94. The van der Waals surface area contributed by atoms with Gasteiger partial charge in [0.05, 0.1) is 5.56 Å². The lowest BCUT2D eigenvalue weighted by Crippen LogP contribution is -2.38. The molecular weight excluding hydrogens is 316 g/mol. The summed E-state index contributed by atoms with van der Waals surface area (Å²) in [7, 11) is 0. The Labute approximate surface area is 126 Å². The zero-order chi connectivity index (χ0) is 14.3. The number of aryl methyl sites for hydroxylation is 1. The summed E-state index contributed by atoms with van der Waals surface area (Å²) in [6.45, 7) is 2.71. The summed E-state index contributed by atoms with van der Waals surface area (Å²) in [5.74, 6) is -0.0138. The molecule has 0 unspecified atom stereocenters. The third-order valence-electron chi connectivity index (χ3n) is 3.71. The first-order valence-corrected chi connectivity index (χ1v) is 7.32. The van der Waals surface area contributed by atoms with Crippen LogP contribution < -0.4 is 10.6 Å². The standard InChI is InChI=1S/C16H15BrN2O/c1-10-5-6-12(9-13(10)17)19-8-7-11-3-2-4-14(18)15(11)16(19)20/h2-6,9H,7-8,18H2,1H3. The summed E-state index contributed by atoms with van der Waals surface area (Å²) in [4.78, 5) is 14.5. The van der Waals surface area contributed by atoms with Crippen molar-refractivity contribution in [3.05, 3.63) is 57.6 Å². The molecule has 3 nitrogen and oxygen atoms in total. The molecule has 1 heterocycles. The van der Waals surface area contributed by atoms with Crippen molar-refractivity contribution in [2.24, 2.45) is 0 Å². The number of halogens is 1. The van der Waals surface area contributed by atoms with Crippen molar-refractivity contribution in [3.63, 3.8) is 0 Å². The van der Waals surface area contributed by atoms with Gasteiger partial charge in [-0.05, 0) is 42.7 Å². The van der Waals surface area contributed by atoms with Gasteiger partial charge < -0.3 is 10.6 Å². The maximum absolute atomic E-state index is 12.7. The van der Waals surface area contributed by atoms with Crippen molar-refractivity contribution in [1.29, 1.82) is 0 Å². The lowest BCUT2D eigenvalue weighted by atomic mass is 9.97. The van der Waals surface area contributed by atoms with E-state index in [1.807, 2.05) is 37.3 Å². The van der Waals surface area contributed by atoms with E-state index in [9.17, 15) is 4.79 Å². The highest BCUT2D eigenvalue weighted by Gasteiger charge is 2.27. The molecule has 0 aromatic heterocycles. The van der Waals surface area contributed by atoms with Gasteiger partial charge in [0, 0.05) is 22.4 Å². The Morgan fingerprint density at radius 1 is 1.25 bits per heavy atom. The van der Waals surface area contributed by atoms with Crippen molar-refractivity contribution in [3.8, 4) is 0 Å². The third kappa shape index (κ3) is 2.10. The second-order valence-corrected chi connectivity index (χ2v) is 5.88. The molecule has 1 aliphatic rings.